The van der Waals surface area contributed by atoms with Crippen molar-refractivity contribution in [1.29, 1.82) is 0 Å². The molecule has 0 spiro atoms. The lowest BCUT2D eigenvalue weighted by Gasteiger charge is -1.93. The van der Waals surface area contributed by atoms with Gasteiger partial charge in [-0.05, 0) is 0 Å². The molecular formula is C12H30O. The summed E-state index contributed by atoms with van der Waals surface area (Å²) < 4.78 is 0. The molecule has 0 atom stereocenters. The van der Waals surface area contributed by atoms with Crippen LogP contribution >= 0.6 is 0 Å². The van der Waals surface area contributed by atoms with Gasteiger partial charge in [0.2, 0.25) is 0 Å². The SMILES string of the molecule is CCCC.CCCCCCCC.O. The second kappa shape index (κ2) is 22.7. The molecule has 1 heteroatoms. The van der Waals surface area contributed by atoms with Gasteiger partial charge in [-0.25, -0.2) is 0 Å². The van der Waals surface area contributed by atoms with Crippen molar-refractivity contribution in [3.05, 3.63) is 0 Å². The van der Waals surface area contributed by atoms with Gasteiger partial charge in [-0.1, -0.05) is 79.1 Å². The zero-order valence-electron chi connectivity index (χ0n) is 10.2. The second-order valence-electron chi connectivity index (χ2n) is 3.41. The third-order valence-corrected chi connectivity index (χ3v) is 1.96. The minimum atomic E-state index is 0. The number of unbranched alkanes of at least 4 members (excludes halogenated alkanes) is 6. The second-order valence-corrected chi connectivity index (χ2v) is 3.41. The molecule has 84 valence electrons. The summed E-state index contributed by atoms with van der Waals surface area (Å²) in [4.78, 5) is 0. The Bertz CT molecular complexity index is 45.1. The Balaban J connectivity index is -0.000000173. The lowest BCUT2D eigenvalue weighted by Crippen LogP contribution is -1.73. The van der Waals surface area contributed by atoms with Crippen molar-refractivity contribution >= 4 is 0 Å². The Hall–Kier alpha value is -0.0400. The lowest BCUT2D eigenvalue weighted by molar-refractivity contribution is 0.624. The highest BCUT2D eigenvalue weighted by Crippen LogP contribution is 2.03. The number of hydrogen-bond acceptors (Lipinski definition) is 0. The summed E-state index contributed by atoms with van der Waals surface area (Å²) in [5, 5.41) is 0. The fourth-order valence-corrected chi connectivity index (χ4v) is 0.854. The Morgan fingerprint density at radius 2 is 0.769 bits per heavy atom. The minimum absolute atomic E-state index is 0. The normalized spacial score (nSPS) is 8.31. The molecule has 0 aromatic carbocycles. The molecule has 0 aliphatic rings. The van der Waals surface area contributed by atoms with E-state index < -0.39 is 0 Å². The van der Waals surface area contributed by atoms with E-state index in [1.807, 2.05) is 0 Å². The molecule has 0 bridgehead atoms. The number of rotatable bonds is 6. The molecule has 0 saturated heterocycles. The first-order chi connectivity index (χ1) is 5.83. The van der Waals surface area contributed by atoms with E-state index in [1.165, 1.54) is 51.4 Å². The predicted octanol–water partition coefficient (Wildman–Crippen LogP) is 4.35. The first-order valence-electron chi connectivity index (χ1n) is 5.83. The van der Waals surface area contributed by atoms with Gasteiger partial charge in [-0.3, -0.25) is 0 Å². The van der Waals surface area contributed by atoms with Gasteiger partial charge in [0.15, 0.2) is 0 Å². The quantitative estimate of drug-likeness (QED) is 0.558. The van der Waals surface area contributed by atoms with Crippen molar-refractivity contribution < 1.29 is 5.48 Å². The van der Waals surface area contributed by atoms with Crippen LogP contribution in [0.1, 0.15) is 79.1 Å². The maximum atomic E-state index is 2.26. The highest BCUT2D eigenvalue weighted by Gasteiger charge is 1.83. The summed E-state index contributed by atoms with van der Waals surface area (Å²) in [5.74, 6) is 0. The van der Waals surface area contributed by atoms with E-state index in [2.05, 4.69) is 27.7 Å². The van der Waals surface area contributed by atoms with E-state index in [9.17, 15) is 0 Å². The van der Waals surface area contributed by atoms with Crippen LogP contribution in [0.5, 0.6) is 0 Å². The summed E-state index contributed by atoms with van der Waals surface area (Å²) in [6.45, 7) is 8.87. The van der Waals surface area contributed by atoms with E-state index >= 15 is 0 Å². The standard InChI is InChI=1S/C8H18.C4H10.H2O/c1-3-5-7-8-6-4-2;1-3-4-2;/h3-8H2,1-2H3;3-4H2,1-2H3;1H2. The maximum absolute atomic E-state index is 2.26. The molecule has 0 aromatic rings. The fourth-order valence-electron chi connectivity index (χ4n) is 0.854. The van der Waals surface area contributed by atoms with Crippen molar-refractivity contribution in [2.75, 3.05) is 0 Å². The van der Waals surface area contributed by atoms with Crippen LogP contribution in [0.3, 0.4) is 0 Å². The Kier molecular flexibility index (Phi) is 32.6. The van der Waals surface area contributed by atoms with E-state index in [1.54, 1.807) is 0 Å². The van der Waals surface area contributed by atoms with Crippen molar-refractivity contribution in [3.8, 4) is 0 Å². The van der Waals surface area contributed by atoms with Gasteiger partial charge in [0.1, 0.15) is 0 Å². The van der Waals surface area contributed by atoms with Crippen molar-refractivity contribution in [2.24, 2.45) is 0 Å². The predicted molar refractivity (Wildman–Crippen MR) is 63.2 cm³/mol. The monoisotopic (exact) mass is 190 g/mol. The average Bonchev–Trinajstić information content (AvgIpc) is 2.13. The Labute approximate surface area is 85.2 Å². The van der Waals surface area contributed by atoms with Crippen LogP contribution in [0, 0.1) is 0 Å². The molecule has 0 aromatic heterocycles. The molecule has 0 aliphatic carbocycles. The lowest BCUT2D eigenvalue weighted by atomic mass is 10.1. The van der Waals surface area contributed by atoms with Crippen molar-refractivity contribution in [2.45, 2.75) is 79.1 Å². The van der Waals surface area contributed by atoms with E-state index in [4.69, 9.17) is 0 Å². The highest BCUT2D eigenvalue weighted by atomic mass is 16.0. The summed E-state index contributed by atoms with van der Waals surface area (Å²) in [6.07, 6.45) is 11.1. The molecule has 0 amide bonds. The molecule has 13 heavy (non-hydrogen) atoms. The molecule has 2 N–H and O–H groups in total. The molecule has 0 unspecified atom stereocenters. The molecule has 0 aliphatic heterocycles. The molecule has 0 radical (unpaired) electrons. The van der Waals surface area contributed by atoms with Gasteiger partial charge in [0.05, 0.1) is 0 Å². The number of hydrogen-bond donors (Lipinski definition) is 0. The van der Waals surface area contributed by atoms with Crippen LogP contribution in [0.2, 0.25) is 0 Å². The van der Waals surface area contributed by atoms with Crippen molar-refractivity contribution in [1.82, 2.24) is 0 Å². The van der Waals surface area contributed by atoms with Gasteiger partial charge in [0.25, 0.3) is 0 Å². The maximum Gasteiger partial charge on any atom is -0.0533 e. The van der Waals surface area contributed by atoms with Gasteiger partial charge in [0, 0.05) is 0 Å². The van der Waals surface area contributed by atoms with Crippen LogP contribution in [0.15, 0.2) is 0 Å². The third kappa shape index (κ3) is 33.4. The largest absolute Gasteiger partial charge is 0.412 e. The summed E-state index contributed by atoms with van der Waals surface area (Å²) in [5.41, 5.74) is 0. The first kappa shape index (κ1) is 18.7. The molecule has 0 heterocycles. The van der Waals surface area contributed by atoms with Crippen LogP contribution in [-0.2, 0) is 0 Å². The minimum Gasteiger partial charge on any atom is -0.412 e. The average molecular weight is 190 g/mol. The van der Waals surface area contributed by atoms with Crippen LogP contribution in [-0.4, -0.2) is 5.48 Å². The third-order valence-electron chi connectivity index (χ3n) is 1.96. The highest BCUT2D eigenvalue weighted by molar-refractivity contribution is 4.39. The summed E-state index contributed by atoms with van der Waals surface area (Å²) in [7, 11) is 0. The van der Waals surface area contributed by atoms with Gasteiger partial charge < -0.3 is 5.48 Å². The summed E-state index contributed by atoms with van der Waals surface area (Å²) >= 11 is 0. The van der Waals surface area contributed by atoms with E-state index in [0.29, 0.717) is 0 Å². The van der Waals surface area contributed by atoms with Crippen LogP contribution in [0.25, 0.3) is 0 Å². The molecule has 0 fully saturated rings. The molecular weight excluding hydrogens is 160 g/mol. The van der Waals surface area contributed by atoms with Crippen LogP contribution < -0.4 is 0 Å². The first-order valence-corrected chi connectivity index (χ1v) is 5.83. The smallest absolute Gasteiger partial charge is 0.0533 e. The topological polar surface area (TPSA) is 31.5 Å². The van der Waals surface area contributed by atoms with Gasteiger partial charge >= 0.3 is 0 Å². The van der Waals surface area contributed by atoms with Crippen LogP contribution in [0.4, 0.5) is 0 Å². The Morgan fingerprint density at radius 1 is 0.462 bits per heavy atom. The van der Waals surface area contributed by atoms with Crippen molar-refractivity contribution in [3.63, 3.8) is 0 Å². The molecule has 0 rings (SSSR count). The summed E-state index contributed by atoms with van der Waals surface area (Å²) in [6, 6.07) is 0. The van der Waals surface area contributed by atoms with E-state index in [-0.39, 0.29) is 5.48 Å². The Morgan fingerprint density at radius 3 is 0.923 bits per heavy atom. The molecule has 1 nitrogen and oxygen atoms in total. The van der Waals surface area contributed by atoms with Gasteiger partial charge in [-0.15, -0.1) is 0 Å². The zero-order chi connectivity index (χ0) is 9.66. The van der Waals surface area contributed by atoms with Gasteiger partial charge in [-0.2, -0.15) is 0 Å². The fraction of sp³-hybridized carbons (Fsp3) is 1.00. The van der Waals surface area contributed by atoms with E-state index in [0.717, 1.165) is 0 Å². The zero-order valence-corrected chi connectivity index (χ0v) is 10.2. The molecule has 0 saturated carbocycles.